The summed E-state index contributed by atoms with van der Waals surface area (Å²) in [5, 5.41) is 0. The maximum Gasteiger partial charge on any atom is 0.175 e. The molecular formula is C13H21NO2S. The topological polar surface area (TPSA) is 60.2 Å². The summed E-state index contributed by atoms with van der Waals surface area (Å²) in [4.78, 5) is 0.344. The average Bonchev–Trinajstić information content (AvgIpc) is 2.27. The molecule has 2 unspecified atom stereocenters. The third kappa shape index (κ3) is 3.82. The molecule has 0 fully saturated rings. The highest BCUT2D eigenvalue weighted by molar-refractivity contribution is 7.90. The molecule has 96 valence electrons. The van der Waals surface area contributed by atoms with Crippen molar-refractivity contribution >= 4 is 9.84 Å². The fourth-order valence-corrected chi connectivity index (χ4v) is 2.53. The minimum atomic E-state index is -3.12. The zero-order valence-electron chi connectivity index (χ0n) is 10.7. The van der Waals surface area contributed by atoms with Crippen molar-refractivity contribution in [3.63, 3.8) is 0 Å². The molecular weight excluding hydrogens is 234 g/mol. The smallest absolute Gasteiger partial charge is 0.175 e. The van der Waals surface area contributed by atoms with Crippen molar-refractivity contribution in [3.8, 4) is 0 Å². The van der Waals surface area contributed by atoms with Crippen molar-refractivity contribution in [3.05, 3.63) is 29.8 Å². The Morgan fingerprint density at radius 2 is 1.76 bits per heavy atom. The first-order valence-corrected chi connectivity index (χ1v) is 7.81. The van der Waals surface area contributed by atoms with Crippen LogP contribution in [0.15, 0.2) is 29.2 Å². The second-order valence-electron chi connectivity index (χ2n) is 4.63. The van der Waals surface area contributed by atoms with Crippen LogP contribution in [0.1, 0.15) is 38.3 Å². The SMILES string of the molecule is CCCC(C)C(N)c1ccc(S(C)(=O)=O)cc1. The summed E-state index contributed by atoms with van der Waals surface area (Å²) in [6, 6.07) is 6.86. The number of benzene rings is 1. The maximum atomic E-state index is 11.3. The molecule has 2 N–H and O–H groups in total. The molecule has 1 aromatic rings. The first kappa shape index (κ1) is 14.2. The van der Waals surface area contributed by atoms with Gasteiger partial charge in [-0.15, -0.1) is 0 Å². The molecule has 17 heavy (non-hydrogen) atoms. The first-order valence-electron chi connectivity index (χ1n) is 5.92. The van der Waals surface area contributed by atoms with Gasteiger partial charge in [-0.05, 0) is 30.0 Å². The Balaban J connectivity index is 2.88. The predicted molar refractivity (Wildman–Crippen MR) is 70.6 cm³/mol. The molecule has 0 aliphatic rings. The lowest BCUT2D eigenvalue weighted by molar-refractivity contribution is 0.433. The van der Waals surface area contributed by atoms with Crippen LogP contribution in [0.3, 0.4) is 0 Å². The van der Waals surface area contributed by atoms with E-state index in [0.717, 1.165) is 18.4 Å². The minimum absolute atomic E-state index is 0.0245. The maximum absolute atomic E-state index is 11.3. The number of rotatable bonds is 5. The Morgan fingerprint density at radius 3 is 2.18 bits per heavy atom. The van der Waals surface area contributed by atoms with Gasteiger partial charge in [0.25, 0.3) is 0 Å². The molecule has 0 aliphatic heterocycles. The molecule has 3 nitrogen and oxygen atoms in total. The molecule has 0 bridgehead atoms. The highest BCUT2D eigenvalue weighted by Gasteiger charge is 2.15. The molecule has 0 amide bonds. The van der Waals surface area contributed by atoms with Crippen LogP contribution in [0.5, 0.6) is 0 Å². The van der Waals surface area contributed by atoms with Crippen LogP contribution in [-0.2, 0) is 9.84 Å². The summed E-state index contributed by atoms with van der Waals surface area (Å²) in [6.07, 6.45) is 3.40. The Morgan fingerprint density at radius 1 is 1.24 bits per heavy atom. The number of hydrogen-bond acceptors (Lipinski definition) is 3. The van der Waals surface area contributed by atoms with Gasteiger partial charge in [0.2, 0.25) is 0 Å². The van der Waals surface area contributed by atoms with E-state index in [4.69, 9.17) is 5.73 Å². The molecule has 0 radical (unpaired) electrons. The van der Waals surface area contributed by atoms with Gasteiger partial charge in [0.1, 0.15) is 0 Å². The quantitative estimate of drug-likeness (QED) is 0.879. The van der Waals surface area contributed by atoms with Crippen LogP contribution in [0.25, 0.3) is 0 Å². The van der Waals surface area contributed by atoms with Crippen LogP contribution >= 0.6 is 0 Å². The Hall–Kier alpha value is -0.870. The lowest BCUT2D eigenvalue weighted by atomic mass is 9.92. The van der Waals surface area contributed by atoms with Crippen LogP contribution < -0.4 is 5.73 Å². The van der Waals surface area contributed by atoms with E-state index in [1.807, 2.05) is 12.1 Å². The molecule has 1 rings (SSSR count). The van der Waals surface area contributed by atoms with Gasteiger partial charge < -0.3 is 5.73 Å². The van der Waals surface area contributed by atoms with Crippen molar-refractivity contribution in [1.29, 1.82) is 0 Å². The molecule has 0 saturated heterocycles. The molecule has 0 spiro atoms. The summed E-state index contributed by atoms with van der Waals surface area (Å²) in [6.45, 7) is 4.26. The van der Waals surface area contributed by atoms with Gasteiger partial charge in [-0.3, -0.25) is 0 Å². The van der Waals surface area contributed by atoms with Crippen molar-refractivity contribution in [2.24, 2.45) is 11.7 Å². The van der Waals surface area contributed by atoms with Gasteiger partial charge in [-0.2, -0.15) is 0 Å². The van der Waals surface area contributed by atoms with Crippen molar-refractivity contribution < 1.29 is 8.42 Å². The Labute approximate surface area is 104 Å². The monoisotopic (exact) mass is 255 g/mol. The van der Waals surface area contributed by atoms with E-state index in [-0.39, 0.29) is 6.04 Å². The van der Waals surface area contributed by atoms with Gasteiger partial charge in [0.05, 0.1) is 4.90 Å². The molecule has 4 heteroatoms. The molecule has 2 atom stereocenters. The van der Waals surface area contributed by atoms with E-state index >= 15 is 0 Å². The van der Waals surface area contributed by atoms with E-state index in [1.54, 1.807) is 12.1 Å². The fraction of sp³-hybridized carbons (Fsp3) is 0.538. The standard InChI is InChI=1S/C13H21NO2S/c1-4-5-10(2)13(14)11-6-8-12(9-7-11)17(3,15)16/h6-10,13H,4-5,14H2,1-3H3. The molecule has 1 aromatic carbocycles. The summed E-state index contributed by atoms with van der Waals surface area (Å²) >= 11 is 0. The van der Waals surface area contributed by atoms with Crippen molar-refractivity contribution in [1.82, 2.24) is 0 Å². The summed E-state index contributed by atoms with van der Waals surface area (Å²) in [7, 11) is -3.12. The zero-order valence-corrected chi connectivity index (χ0v) is 11.5. The molecule has 0 heterocycles. The Bertz CT molecular complexity index is 451. The normalized spacial score (nSPS) is 15.5. The van der Waals surface area contributed by atoms with E-state index in [9.17, 15) is 8.42 Å². The van der Waals surface area contributed by atoms with Crippen LogP contribution in [0.4, 0.5) is 0 Å². The summed E-state index contributed by atoms with van der Waals surface area (Å²) in [5.74, 6) is 0.407. The second-order valence-corrected chi connectivity index (χ2v) is 6.65. The van der Waals surface area contributed by atoms with Gasteiger partial charge in [0.15, 0.2) is 9.84 Å². The minimum Gasteiger partial charge on any atom is -0.324 e. The van der Waals surface area contributed by atoms with E-state index < -0.39 is 9.84 Å². The largest absolute Gasteiger partial charge is 0.324 e. The van der Waals surface area contributed by atoms with Gasteiger partial charge in [-0.1, -0.05) is 32.4 Å². The average molecular weight is 255 g/mol. The molecule has 0 saturated carbocycles. The number of sulfone groups is 1. The zero-order chi connectivity index (χ0) is 13.1. The van der Waals surface area contributed by atoms with Gasteiger partial charge >= 0.3 is 0 Å². The van der Waals surface area contributed by atoms with Gasteiger partial charge in [0, 0.05) is 12.3 Å². The van der Waals surface area contributed by atoms with Crippen LogP contribution in [-0.4, -0.2) is 14.7 Å². The summed E-state index contributed by atoms with van der Waals surface area (Å²) in [5.41, 5.74) is 7.13. The third-order valence-corrected chi connectivity index (χ3v) is 4.18. The van der Waals surface area contributed by atoms with E-state index in [2.05, 4.69) is 13.8 Å². The molecule has 0 aromatic heterocycles. The lowest BCUT2D eigenvalue weighted by Gasteiger charge is -2.19. The lowest BCUT2D eigenvalue weighted by Crippen LogP contribution is -2.19. The Kier molecular flexibility index (Phi) is 4.71. The third-order valence-electron chi connectivity index (χ3n) is 3.05. The highest BCUT2D eigenvalue weighted by atomic mass is 32.2. The van der Waals surface area contributed by atoms with Crippen LogP contribution in [0.2, 0.25) is 0 Å². The number of nitrogens with two attached hydrogens (primary N) is 1. The predicted octanol–water partition coefficient (Wildman–Crippen LogP) is 2.53. The summed E-state index contributed by atoms with van der Waals surface area (Å²) < 4.78 is 22.6. The van der Waals surface area contributed by atoms with Crippen LogP contribution in [0, 0.1) is 5.92 Å². The van der Waals surface area contributed by atoms with Gasteiger partial charge in [-0.25, -0.2) is 8.42 Å². The van der Waals surface area contributed by atoms with E-state index in [0.29, 0.717) is 10.8 Å². The highest BCUT2D eigenvalue weighted by Crippen LogP contribution is 2.24. The number of hydrogen-bond donors (Lipinski definition) is 1. The van der Waals surface area contributed by atoms with E-state index in [1.165, 1.54) is 6.26 Å². The first-order chi connectivity index (χ1) is 7.86. The molecule has 0 aliphatic carbocycles. The van der Waals surface area contributed by atoms with Crippen molar-refractivity contribution in [2.45, 2.75) is 37.6 Å². The fourth-order valence-electron chi connectivity index (χ4n) is 1.90. The van der Waals surface area contributed by atoms with Crippen molar-refractivity contribution in [2.75, 3.05) is 6.26 Å². The second kappa shape index (κ2) is 5.65.